The van der Waals surface area contributed by atoms with E-state index in [1.807, 2.05) is 50.2 Å². The molecule has 0 radical (unpaired) electrons. The molecule has 0 bridgehead atoms. The van der Waals surface area contributed by atoms with Gasteiger partial charge >= 0.3 is 6.03 Å². The SMILES string of the molecule is CCCCN(C(=O)Nc1cc(C(N)=O)c(F)cc1F)C1CCN(Cc2ccc(Oc3ccc(-c4ncco4)cc3)nc2C)CC1. The zero-order valence-electron chi connectivity index (χ0n) is 25.3. The number of hydrogen-bond acceptors (Lipinski definition) is 7. The molecule has 0 aliphatic carbocycles. The van der Waals surface area contributed by atoms with E-state index in [-0.39, 0.29) is 11.7 Å². The van der Waals surface area contributed by atoms with Gasteiger partial charge in [0.25, 0.3) is 5.91 Å². The summed E-state index contributed by atoms with van der Waals surface area (Å²) in [7, 11) is 0. The van der Waals surface area contributed by atoms with E-state index in [0.717, 1.165) is 61.7 Å². The Balaban J connectivity index is 1.17. The predicted octanol–water partition coefficient (Wildman–Crippen LogP) is 6.51. The largest absolute Gasteiger partial charge is 0.445 e. The lowest BCUT2D eigenvalue weighted by atomic mass is 10.0. The molecule has 45 heavy (non-hydrogen) atoms. The molecule has 1 fully saturated rings. The minimum absolute atomic E-state index is 0.0585. The highest BCUT2D eigenvalue weighted by molar-refractivity contribution is 5.96. The van der Waals surface area contributed by atoms with Crippen molar-refractivity contribution in [1.29, 1.82) is 0 Å². The minimum atomic E-state index is -1.07. The molecule has 10 nitrogen and oxygen atoms in total. The molecule has 1 aliphatic heterocycles. The second kappa shape index (κ2) is 14.3. The van der Waals surface area contributed by atoms with Crippen LogP contribution in [-0.4, -0.2) is 57.4 Å². The molecule has 0 atom stereocenters. The minimum Gasteiger partial charge on any atom is -0.445 e. The summed E-state index contributed by atoms with van der Waals surface area (Å²) >= 11 is 0. The second-order valence-electron chi connectivity index (χ2n) is 11.0. The number of unbranched alkanes of at least 4 members (excludes halogenated alkanes) is 1. The van der Waals surface area contributed by atoms with Gasteiger partial charge in [-0.1, -0.05) is 19.4 Å². The standard InChI is InChI=1S/C33H36F2N6O4/c1-3-4-14-41(33(43)39-29-18-26(31(36)42)27(34)19-28(29)35)24-11-15-40(16-12-24)20-23-7-10-30(38-21(23)2)45-25-8-5-22(6-9-25)32-37-13-17-44-32/h5-10,13,17-19,24H,3-4,11-12,14-16,20H2,1-2H3,(H2,36,42)(H,39,43). The van der Waals surface area contributed by atoms with Gasteiger partial charge in [-0.15, -0.1) is 0 Å². The number of pyridine rings is 1. The van der Waals surface area contributed by atoms with Gasteiger partial charge in [0.1, 0.15) is 23.6 Å². The highest BCUT2D eigenvalue weighted by Crippen LogP contribution is 2.27. The van der Waals surface area contributed by atoms with E-state index in [1.165, 1.54) is 6.26 Å². The number of carbonyl (C=O) groups excluding carboxylic acids is 2. The van der Waals surface area contributed by atoms with E-state index in [4.69, 9.17) is 14.9 Å². The van der Waals surface area contributed by atoms with Crippen molar-refractivity contribution in [1.82, 2.24) is 19.8 Å². The third-order valence-electron chi connectivity index (χ3n) is 7.89. The molecular weight excluding hydrogens is 582 g/mol. The van der Waals surface area contributed by atoms with Crippen LogP contribution in [0, 0.1) is 18.6 Å². The first kappa shape index (κ1) is 31.6. The van der Waals surface area contributed by atoms with Crippen molar-refractivity contribution in [2.24, 2.45) is 5.73 Å². The van der Waals surface area contributed by atoms with Gasteiger partial charge in [0, 0.05) is 55.6 Å². The lowest BCUT2D eigenvalue weighted by Crippen LogP contribution is -2.49. The number of nitrogens with one attached hydrogen (secondary N) is 1. The van der Waals surface area contributed by atoms with Gasteiger partial charge < -0.3 is 25.1 Å². The summed E-state index contributed by atoms with van der Waals surface area (Å²) in [6, 6.07) is 12.2. The summed E-state index contributed by atoms with van der Waals surface area (Å²) in [4.78, 5) is 37.6. The van der Waals surface area contributed by atoms with E-state index in [0.29, 0.717) is 36.7 Å². The molecule has 4 aromatic rings. The van der Waals surface area contributed by atoms with E-state index < -0.39 is 29.1 Å². The molecule has 2 aromatic carbocycles. The fourth-order valence-corrected chi connectivity index (χ4v) is 5.37. The quantitative estimate of drug-likeness (QED) is 0.196. The van der Waals surface area contributed by atoms with Crippen molar-refractivity contribution in [3.8, 4) is 23.1 Å². The Morgan fingerprint density at radius 1 is 1.11 bits per heavy atom. The number of hydrogen-bond donors (Lipinski definition) is 2. The van der Waals surface area contributed by atoms with Gasteiger partial charge in [-0.05, 0) is 62.1 Å². The molecule has 2 aromatic heterocycles. The fourth-order valence-electron chi connectivity index (χ4n) is 5.37. The topological polar surface area (TPSA) is 127 Å². The van der Waals surface area contributed by atoms with Crippen molar-refractivity contribution in [2.75, 3.05) is 25.0 Å². The number of benzene rings is 2. The Bertz CT molecular complexity index is 1620. The van der Waals surface area contributed by atoms with Crippen molar-refractivity contribution in [3.63, 3.8) is 0 Å². The van der Waals surface area contributed by atoms with Gasteiger partial charge in [-0.3, -0.25) is 9.69 Å². The van der Waals surface area contributed by atoms with Gasteiger partial charge in [0.15, 0.2) is 0 Å². The van der Waals surface area contributed by atoms with Gasteiger partial charge in [0.05, 0.1) is 17.4 Å². The first-order valence-corrected chi connectivity index (χ1v) is 14.9. The van der Waals surface area contributed by atoms with E-state index >= 15 is 0 Å². The normalized spacial score (nSPS) is 13.9. The number of aryl methyl sites for hydroxylation is 1. The number of oxazole rings is 1. The van der Waals surface area contributed by atoms with Crippen LogP contribution in [0.25, 0.3) is 11.5 Å². The molecule has 12 heteroatoms. The predicted molar refractivity (Wildman–Crippen MR) is 165 cm³/mol. The van der Waals surface area contributed by atoms with Gasteiger partial charge in [-0.25, -0.2) is 23.5 Å². The Labute approximate surface area is 260 Å². The number of halogens is 2. The molecule has 5 rings (SSSR count). The molecule has 0 unspecified atom stereocenters. The summed E-state index contributed by atoms with van der Waals surface area (Å²) in [6.45, 7) is 6.69. The Morgan fingerprint density at radius 3 is 2.51 bits per heavy atom. The molecule has 1 saturated heterocycles. The number of ether oxygens (including phenoxy) is 1. The van der Waals surface area contributed by atoms with Crippen LogP contribution in [-0.2, 0) is 6.54 Å². The Kier molecular flexibility index (Phi) is 10.0. The number of amides is 3. The molecule has 1 aliphatic rings. The maximum absolute atomic E-state index is 14.4. The molecule has 0 spiro atoms. The number of anilines is 1. The highest BCUT2D eigenvalue weighted by Gasteiger charge is 2.29. The van der Waals surface area contributed by atoms with Crippen LogP contribution in [0.2, 0.25) is 0 Å². The first-order chi connectivity index (χ1) is 21.7. The van der Waals surface area contributed by atoms with Crippen LogP contribution >= 0.6 is 0 Å². The summed E-state index contributed by atoms with van der Waals surface area (Å²) in [5.41, 5.74) is 7.23. The van der Waals surface area contributed by atoms with E-state index in [2.05, 4.69) is 20.2 Å². The van der Waals surface area contributed by atoms with Crippen LogP contribution in [0.15, 0.2) is 65.4 Å². The average molecular weight is 619 g/mol. The summed E-state index contributed by atoms with van der Waals surface area (Å²) in [5.74, 6) is -1.40. The highest BCUT2D eigenvalue weighted by atomic mass is 19.1. The second-order valence-corrected chi connectivity index (χ2v) is 11.0. The van der Waals surface area contributed by atoms with E-state index in [1.54, 1.807) is 11.1 Å². The first-order valence-electron chi connectivity index (χ1n) is 14.9. The number of primary amides is 1. The van der Waals surface area contributed by atoms with Gasteiger partial charge in [0.2, 0.25) is 11.8 Å². The Morgan fingerprint density at radius 2 is 1.87 bits per heavy atom. The van der Waals surface area contributed by atoms with Crippen molar-refractivity contribution in [2.45, 2.75) is 52.1 Å². The number of nitrogens with two attached hydrogens (primary N) is 1. The summed E-state index contributed by atoms with van der Waals surface area (Å²) in [5, 5.41) is 2.53. The number of likely N-dealkylation sites (tertiary alicyclic amines) is 1. The monoisotopic (exact) mass is 618 g/mol. The zero-order chi connectivity index (χ0) is 31.9. The number of piperidine rings is 1. The van der Waals surface area contributed by atoms with Gasteiger partial charge in [-0.2, -0.15) is 0 Å². The lowest BCUT2D eigenvalue weighted by molar-refractivity contribution is 0.0996. The lowest BCUT2D eigenvalue weighted by Gasteiger charge is -2.38. The number of aromatic nitrogens is 2. The van der Waals surface area contributed by atoms with Crippen LogP contribution in [0.4, 0.5) is 19.3 Å². The summed E-state index contributed by atoms with van der Waals surface area (Å²) < 4.78 is 39.7. The average Bonchev–Trinajstić information content (AvgIpc) is 3.56. The van der Waals surface area contributed by atoms with Crippen LogP contribution in [0.1, 0.15) is 54.2 Å². The zero-order valence-corrected chi connectivity index (χ0v) is 25.3. The number of carbonyl (C=O) groups is 2. The van der Waals surface area contributed by atoms with Crippen molar-refractivity contribution >= 4 is 17.6 Å². The van der Waals surface area contributed by atoms with Crippen molar-refractivity contribution in [3.05, 3.63) is 89.4 Å². The third kappa shape index (κ3) is 7.82. The molecule has 0 saturated carbocycles. The maximum Gasteiger partial charge on any atom is 0.322 e. The smallest absolute Gasteiger partial charge is 0.322 e. The molecule has 236 valence electrons. The number of urea groups is 1. The molecular formula is C33H36F2N6O4. The van der Waals surface area contributed by atoms with Crippen molar-refractivity contribution < 1.29 is 27.5 Å². The number of nitrogens with zero attached hydrogens (tertiary/aromatic N) is 4. The fraction of sp³-hybridized carbons (Fsp3) is 0.333. The molecule has 3 N–H and O–H groups in total. The summed E-state index contributed by atoms with van der Waals surface area (Å²) in [6.07, 6.45) is 6.24. The Hall–Kier alpha value is -4.84. The molecule has 3 heterocycles. The number of rotatable bonds is 11. The maximum atomic E-state index is 14.4. The van der Waals surface area contributed by atoms with E-state index in [9.17, 15) is 18.4 Å². The van der Waals surface area contributed by atoms with Crippen LogP contribution in [0.3, 0.4) is 0 Å². The van der Waals surface area contributed by atoms with Crippen LogP contribution in [0.5, 0.6) is 11.6 Å². The van der Waals surface area contributed by atoms with Crippen LogP contribution < -0.4 is 15.8 Å². The third-order valence-corrected chi connectivity index (χ3v) is 7.89. The molecule has 3 amide bonds.